The van der Waals surface area contributed by atoms with Crippen molar-refractivity contribution in [2.24, 2.45) is 0 Å². The first-order valence-corrected chi connectivity index (χ1v) is 9.65. The van der Waals surface area contributed by atoms with Crippen molar-refractivity contribution in [1.29, 1.82) is 0 Å². The fraction of sp³-hybridized carbons (Fsp3) is 0.238. The molecule has 0 bridgehead atoms. The van der Waals surface area contributed by atoms with Crippen molar-refractivity contribution in [3.05, 3.63) is 67.5 Å². The van der Waals surface area contributed by atoms with E-state index in [1.165, 1.54) is 0 Å². The number of aryl methyl sites for hydroxylation is 2. The summed E-state index contributed by atoms with van der Waals surface area (Å²) in [5.74, 6) is 0.211. The Bertz CT molecular complexity index is 1150. The SMILES string of the molecule is Cc1cc(OCC(=O)Nc2ccc(Cl)c(Cl)c2)c2c3c(c(=O)oc2c1)CCC3. The molecule has 0 aliphatic heterocycles. The first-order chi connectivity index (χ1) is 13.4. The van der Waals surface area contributed by atoms with Crippen molar-refractivity contribution in [3.8, 4) is 5.75 Å². The zero-order valence-corrected chi connectivity index (χ0v) is 16.6. The quantitative estimate of drug-likeness (QED) is 0.611. The van der Waals surface area contributed by atoms with Crippen LogP contribution >= 0.6 is 23.2 Å². The van der Waals surface area contributed by atoms with Crippen molar-refractivity contribution < 1.29 is 13.9 Å². The zero-order chi connectivity index (χ0) is 19.8. The van der Waals surface area contributed by atoms with Gasteiger partial charge in [0.15, 0.2) is 6.61 Å². The zero-order valence-electron chi connectivity index (χ0n) is 15.1. The fourth-order valence-electron chi connectivity index (χ4n) is 3.53. The average molecular weight is 418 g/mol. The Morgan fingerprint density at radius 2 is 1.93 bits per heavy atom. The molecule has 4 rings (SSSR count). The Kier molecular flexibility index (Phi) is 5.04. The molecular formula is C21H17Cl2NO4. The maximum absolute atomic E-state index is 12.3. The van der Waals surface area contributed by atoms with E-state index in [2.05, 4.69) is 5.32 Å². The van der Waals surface area contributed by atoms with Gasteiger partial charge in [0.25, 0.3) is 5.91 Å². The van der Waals surface area contributed by atoms with Gasteiger partial charge in [-0.25, -0.2) is 4.79 Å². The van der Waals surface area contributed by atoms with Crippen molar-refractivity contribution in [2.75, 3.05) is 11.9 Å². The van der Waals surface area contributed by atoms with Gasteiger partial charge in [-0.3, -0.25) is 4.79 Å². The summed E-state index contributed by atoms with van der Waals surface area (Å²) in [4.78, 5) is 24.5. The van der Waals surface area contributed by atoms with Gasteiger partial charge in [0, 0.05) is 11.3 Å². The lowest BCUT2D eigenvalue weighted by atomic mass is 10.0. The van der Waals surface area contributed by atoms with E-state index in [0.29, 0.717) is 39.0 Å². The minimum atomic E-state index is -0.331. The molecular weight excluding hydrogens is 401 g/mol. The number of carbonyl (C=O) groups excluding carboxylic acids is 1. The van der Waals surface area contributed by atoms with E-state index < -0.39 is 0 Å². The largest absolute Gasteiger partial charge is 0.483 e. The second-order valence-electron chi connectivity index (χ2n) is 6.80. The number of carbonyl (C=O) groups is 1. The highest BCUT2D eigenvalue weighted by Gasteiger charge is 2.22. The van der Waals surface area contributed by atoms with Crippen LogP contribution in [0.15, 0.2) is 39.5 Å². The highest BCUT2D eigenvalue weighted by molar-refractivity contribution is 6.42. The molecule has 7 heteroatoms. The molecule has 1 amide bonds. The number of halogens is 2. The Morgan fingerprint density at radius 3 is 2.71 bits per heavy atom. The van der Waals surface area contributed by atoms with Crippen LogP contribution in [0.3, 0.4) is 0 Å². The van der Waals surface area contributed by atoms with Gasteiger partial charge < -0.3 is 14.5 Å². The Hall–Kier alpha value is -2.50. The predicted octanol–water partition coefficient (Wildman–Crippen LogP) is 4.91. The third-order valence-corrected chi connectivity index (χ3v) is 5.48. The van der Waals surface area contributed by atoms with E-state index in [4.69, 9.17) is 32.4 Å². The molecule has 3 aromatic rings. The van der Waals surface area contributed by atoms with E-state index in [0.717, 1.165) is 29.4 Å². The third-order valence-electron chi connectivity index (χ3n) is 4.74. The van der Waals surface area contributed by atoms with E-state index in [-0.39, 0.29) is 18.1 Å². The summed E-state index contributed by atoms with van der Waals surface area (Å²) in [6.45, 7) is 1.70. The summed E-state index contributed by atoms with van der Waals surface area (Å²) in [5.41, 5.74) is 3.30. The molecule has 0 saturated heterocycles. The standard InChI is InChI=1S/C21H17Cl2NO4/c1-11-7-17(20-13-3-2-4-14(13)21(26)28-18(20)8-11)27-10-19(25)24-12-5-6-15(22)16(23)9-12/h5-9H,2-4,10H2,1H3,(H,24,25). The molecule has 1 heterocycles. The second kappa shape index (κ2) is 7.49. The predicted molar refractivity (Wildman–Crippen MR) is 110 cm³/mol. The van der Waals surface area contributed by atoms with Crippen LogP contribution in [-0.2, 0) is 17.6 Å². The number of anilines is 1. The van der Waals surface area contributed by atoms with Crippen molar-refractivity contribution >= 4 is 45.8 Å². The van der Waals surface area contributed by atoms with Gasteiger partial charge in [0.1, 0.15) is 11.3 Å². The van der Waals surface area contributed by atoms with E-state index in [9.17, 15) is 9.59 Å². The van der Waals surface area contributed by atoms with Crippen LogP contribution in [0.1, 0.15) is 23.1 Å². The normalized spacial score (nSPS) is 12.8. The lowest BCUT2D eigenvalue weighted by Crippen LogP contribution is -2.20. The van der Waals surface area contributed by atoms with Gasteiger partial charge in [0.05, 0.1) is 15.4 Å². The van der Waals surface area contributed by atoms with E-state index in [1.54, 1.807) is 18.2 Å². The smallest absolute Gasteiger partial charge is 0.339 e. The summed E-state index contributed by atoms with van der Waals surface area (Å²) in [7, 11) is 0. The molecule has 28 heavy (non-hydrogen) atoms. The molecule has 1 aromatic heterocycles. The van der Waals surface area contributed by atoms with Crippen LogP contribution in [0.2, 0.25) is 10.0 Å². The number of fused-ring (bicyclic) bond motifs is 3. The second-order valence-corrected chi connectivity index (χ2v) is 7.62. The van der Waals surface area contributed by atoms with Crippen molar-refractivity contribution in [2.45, 2.75) is 26.2 Å². The Labute approximate surface area is 171 Å². The first kappa shape index (κ1) is 18.8. The monoisotopic (exact) mass is 417 g/mol. The van der Waals surface area contributed by atoms with Gasteiger partial charge in [-0.05, 0) is 67.6 Å². The molecule has 0 radical (unpaired) electrons. The average Bonchev–Trinajstić information content (AvgIpc) is 3.13. The summed E-state index contributed by atoms with van der Waals surface area (Å²) < 4.78 is 11.3. The van der Waals surface area contributed by atoms with Crippen LogP contribution in [0.4, 0.5) is 5.69 Å². The molecule has 144 valence electrons. The van der Waals surface area contributed by atoms with Gasteiger partial charge in [-0.1, -0.05) is 23.2 Å². The molecule has 1 N–H and O–H groups in total. The molecule has 5 nitrogen and oxygen atoms in total. The summed E-state index contributed by atoms with van der Waals surface area (Å²) in [6.07, 6.45) is 2.41. The fourth-order valence-corrected chi connectivity index (χ4v) is 3.83. The Balaban J connectivity index is 1.59. The lowest BCUT2D eigenvalue weighted by Gasteiger charge is -2.13. The number of hydrogen-bond donors (Lipinski definition) is 1. The highest BCUT2D eigenvalue weighted by Crippen LogP contribution is 2.35. The molecule has 0 saturated carbocycles. The maximum atomic E-state index is 12.3. The van der Waals surface area contributed by atoms with Gasteiger partial charge in [0.2, 0.25) is 0 Å². The molecule has 0 spiro atoms. The van der Waals surface area contributed by atoms with Crippen LogP contribution in [-0.4, -0.2) is 12.5 Å². The molecule has 0 fully saturated rings. The number of benzene rings is 2. The Morgan fingerprint density at radius 1 is 1.14 bits per heavy atom. The van der Waals surface area contributed by atoms with Crippen LogP contribution in [0.25, 0.3) is 11.0 Å². The molecule has 0 atom stereocenters. The summed E-state index contributed by atoms with van der Waals surface area (Å²) in [5, 5.41) is 4.27. The minimum Gasteiger partial charge on any atom is -0.483 e. The third kappa shape index (κ3) is 3.60. The van der Waals surface area contributed by atoms with Crippen LogP contribution < -0.4 is 15.7 Å². The van der Waals surface area contributed by atoms with Crippen molar-refractivity contribution in [3.63, 3.8) is 0 Å². The van der Waals surface area contributed by atoms with Crippen molar-refractivity contribution in [1.82, 2.24) is 0 Å². The van der Waals surface area contributed by atoms with Gasteiger partial charge in [-0.2, -0.15) is 0 Å². The number of ether oxygens (including phenoxy) is 1. The topological polar surface area (TPSA) is 68.5 Å². The number of nitrogens with one attached hydrogen (secondary N) is 1. The van der Waals surface area contributed by atoms with E-state index in [1.807, 2.05) is 19.1 Å². The van der Waals surface area contributed by atoms with Crippen LogP contribution in [0.5, 0.6) is 5.75 Å². The van der Waals surface area contributed by atoms with E-state index >= 15 is 0 Å². The van der Waals surface area contributed by atoms with Crippen LogP contribution in [0, 0.1) is 6.92 Å². The maximum Gasteiger partial charge on any atom is 0.339 e. The first-order valence-electron chi connectivity index (χ1n) is 8.89. The molecule has 1 aliphatic carbocycles. The number of amides is 1. The number of hydrogen-bond acceptors (Lipinski definition) is 4. The summed E-state index contributed by atoms with van der Waals surface area (Å²) >= 11 is 11.9. The molecule has 1 aliphatic rings. The minimum absolute atomic E-state index is 0.188. The molecule has 0 unspecified atom stereocenters. The number of rotatable bonds is 4. The lowest BCUT2D eigenvalue weighted by molar-refractivity contribution is -0.118. The highest BCUT2D eigenvalue weighted by atomic mass is 35.5. The molecule has 2 aromatic carbocycles. The van der Waals surface area contributed by atoms with Gasteiger partial charge >= 0.3 is 5.63 Å². The van der Waals surface area contributed by atoms with Gasteiger partial charge in [-0.15, -0.1) is 0 Å². The summed E-state index contributed by atoms with van der Waals surface area (Å²) in [6, 6.07) is 8.52.